The molecule has 0 unspecified atom stereocenters. The van der Waals surface area contributed by atoms with Crippen molar-refractivity contribution in [1.29, 1.82) is 0 Å². The van der Waals surface area contributed by atoms with Crippen LogP contribution in [0.25, 0.3) is 0 Å². The third-order valence-electron chi connectivity index (χ3n) is 3.00. The van der Waals surface area contributed by atoms with Crippen molar-refractivity contribution in [3.05, 3.63) is 47.8 Å². The molecular weight excluding hydrogens is 257 g/mol. The summed E-state index contributed by atoms with van der Waals surface area (Å²) < 4.78 is 21.0. The van der Waals surface area contributed by atoms with Gasteiger partial charge in [-0.1, -0.05) is 13.8 Å². The number of ether oxygens (including phenoxy) is 1. The Balaban J connectivity index is 2.08. The summed E-state index contributed by atoms with van der Waals surface area (Å²) in [7, 11) is 1.91. The van der Waals surface area contributed by atoms with Gasteiger partial charge in [-0.25, -0.2) is 9.37 Å². The molecule has 1 N–H and O–H groups in total. The number of rotatable bonds is 6. The van der Waals surface area contributed by atoms with E-state index in [1.165, 1.54) is 12.1 Å². The Hall–Kier alpha value is -1.88. The molecule has 0 spiro atoms. The summed E-state index contributed by atoms with van der Waals surface area (Å²) in [4.78, 5) is 4.20. The van der Waals surface area contributed by atoms with Crippen LogP contribution in [0.1, 0.15) is 25.2 Å². The van der Waals surface area contributed by atoms with Crippen molar-refractivity contribution in [1.82, 2.24) is 14.9 Å². The van der Waals surface area contributed by atoms with Crippen LogP contribution in [0, 0.1) is 5.82 Å². The summed E-state index contributed by atoms with van der Waals surface area (Å²) in [6.45, 7) is 5.04. The Kier molecular flexibility index (Phi) is 4.74. The number of halogens is 1. The fraction of sp³-hybridized carbons (Fsp3) is 0.400. The van der Waals surface area contributed by atoms with Gasteiger partial charge in [0.05, 0.1) is 0 Å². The van der Waals surface area contributed by atoms with Crippen molar-refractivity contribution in [2.24, 2.45) is 7.05 Å². The lowest BCUT2D eigenvalue weighted by Gasteiger charge is -2.14. The Bertz CT molecular complexity index is 566. The highest BCUT2D eigenvalue weighted by Gasteiger charge is 2.08. The van der Waals surface area contributed by atoms with Crippen LogP contribution in [-0.2, 0) is 20.2 Å². The normalized spacial score (nSPS) is 11.1. The Morgan fingerprint density at radius 1 is 1.40 bits per heavy atom. The highest BCUT2D eigenvalue weighted by molar-refractivity contribution is 5.34. The smallest absolute Gasteiger partial charge is 0.146 e. The summed E-state index contributed by atoms with van der Waals surface area (Å²) in [5.41, 5.74) is 0.813. The number of aromatic nitrogens is 2. The highest BCUT2D eigenvalue weighted by Crippen LogP contribution is 2.21. The second kappa shape index (κ2) is 6.52. The molecule has 20 heavy (non-hydrogen) atoms. The zero-order chi connectivity index (χ0) is 14.5. The molecule has 0 aliphatic rings. The number of aryl methyl sites for hydroxylation is 1. The van der Waals surface area contributed by atoms with E-state index in [9.17, 15) is 4.39 Å². The van der Waals surface area contributed by atoms with E-state index in [-0.39, 0.29) is 5.82 Å². The maximum atomic E-state index is 13.3. The number of hydrogen-bond acceptors (Lipinski definition) is 3. The van der Waals surface area contributed by atoms with E-state index in [2.05, 4.69) is 10.3 Å². The summed E-state index contributed by atoms with van der Waals surface area (Å²) in [5, 5.41) is 3.27. The fourth-order valence-corrected chi connectivity index (χ4v) is 1.82. The van der Waals surface area contributed by atoms with Crippen LogP contribution in [-0.4, -0.2) is 15.6 Å². The maximum Gasteiger partial charge on any atom is 0.146 e. The fourth-order valence-electron chi connectivity index (χ4n) is 1.82. The van der Waals surface area contributed by atoms with Crippen molar-refractivity contribution >= 4 is 0 Å². The molecular formula is C15H20FN3O. The van der Waals surface area contributed by atoms with Gasteiger partial charge in [0.25, 0.3) is 0 Å². The third-order valence-corrected chi connectivity index (χ3v) is 3.00. The molecule has 0 saturated heterocycles. The minimum absolute atomic E-state index is 0.255. The molecule has 0 radical (unpaired) electrons. The predicted octanol–water partition coefficient (Wildman–Crippen LogP) is 2.64. The van der Waals surface area contributed by atoms with Gasteiger partial charge in [-0.2, -0.15) is 0 Å². The molecule has 2 rings (SSSR count). The van der Waals surface area contributed by atoms with Gasteiger partial charge in [-0.3, -0.25) is 0 Å². The van der Waals surface area contributed by atoms with Gasteiger partial charge >= 0.3 is 0 Å². The first-order valence-corrected chi connectivity index (χ1v) is 6.67. The van der Waals surface area contributed by atoms with E-state index >= 15 is 0 Å². The summed E-state index contributed by atoms with van der Waals surface area (Å²) in [5.74, 6) is 1.26. The summed E-state index contributed by atoms with van der Waals surface area (Å²) in [6, 6.07) is 4.91. The second-order valence-corrected chi connectivity index (χ2v) is 5.03. The zero-order valence-electron chi connectivity index (χ0n) is 12.1. The summed E-state index contributed by atoms with van der Waals surface area (Å²) >= 11 is 0. The molecule has 4 nitrogen and oxygen atoms in total. The molecule has 1 heterocycles. The number of nitrogens with one attached hydrogen (secondary N) is 1. The molecule has 2 aromatic rings. The Morgan fingerprint density at radius 2 is 2.20 bits per heavy atom. The van der Waals surface area contributed by atoms with E-state index in [1.807, 2.05) is 31.7 Å². The molecule has 0 bridgehead atoms. The number of imidazole rings is 1. The van der Waals surface area contributed by atoms with E-state index < -0.39 is 0 Å². The van der Waals surface area contributed by atoms with Gasteiger partial charge in [0.2, 0.25) is 0 Å². The van der Waals surface area contributed by atoms with Crippen LogP contribution in [0.4, 0.5) is 4.39 Å². The van der Waals surface area contributed by atoms with Crippen LogP contribution >= 0.6 is 0 Å². The molecule has 1 aromatic heterocycles. The van der Waals surface area contributed by atoms with Crippen molar-refractivity contribution in [2.75, 3.05) is 0 Å². The van der Waals surface area contributed by atoms with E-state index in [4.69, 9.17) is 4.74 Å². The SMILES string of the molecule is CC(C)NCc1cc(F)ccc1OCc1nccn1C. The highest BCUT2D eigenvalue weighted by atomic mass is 19.1. The van der Waals surface area contributed by atoms with E-state index in [1.54, 1.807) is 12.3 Å². The van der Waals surface area contributed by atoms with Gasteiger partial charge < -0.3 is 14.6 Å². The first-order chi connectivity index (χ1) is 9.56. The minimum atomic E-state index is -0.255. The first kappa shape index (κ1) is 14.5. The number of nitrogens with zero attached hydrogens (tertiary/aromatic N) is 2. The molecule has 0 amide bonds. The summed E-state index contributed by atoms with van der Waals surface area (Å²) in [6.07, 6.45) is 3.59. The minimum Gasteiger partial charge on any atom is -0.485 e. The quantitative estimate of drug-likeness (QED) is 0.882. The van der Waals surface area contributed by atoms with Crippen LogP contribution in [0.15, 0.2) is 30.6 Å². The molecule has 0 aliphatic carbocycles. The van der Waals surface area contributed by atoms with E-state index in [0.29, 0.717) is 24.9 Å². The van der Waals surface area contributed by atoms with Crippen molar-refractivity contribution < 1.29 is 9.13 Å². The molecule has 108 valence electrons. The molecule has 5 heteroatoms. The van der Waals surface area contributed by atoms with Gasteiger partial charge in [0.15, 0.2) is 0 Å². The molecule has 0 saturated carbocycles. The predicted molar refractivity (Wildman–Crippen MR) is 75.9 cm³/mol. The van der Waals surface area contributed by atoms with E-state index in [0.717, 1.165) is 11.4 Å². The van der Waals surface area contributed by atoms with Gasteiger partial charge in [-0.05, 0) is 18.2 Å². The molecule has 0 fully saturated rings. The lowest BCUT2D eigenvalue weighted by molar-refractivity contribution is 0.287. The monoisotopic (exact) mass is 277 g/mol. The molecule has 1 aromatic carbocycles. The third kappa shape index (κ3) is 3.81. The second-order valence-electron chi connectivity index (χ2n) is 5.03. The lowest BCUT2D eigenvalue weighted by Crippen LogP contribution is -2.22. The molecule has 0 atom stereocenters. The molecule has 0 aliphatic heterocycles. The van der Waals surface area contributed by atoms with Crippen molar-refractivity contribution in [3.63, 3.8) is 0 Å². The van der Waals surface area contributed by atoms with Gasteiger partial charge in [0.1, 0.15) is 24.0 Å². The average molecular weight is 277 g/mol. The number of hydrogen-bond donors (Lipinski definition) is 1. The van der Waals surface area contributed by atoms with Crippen LogP contribution < -0.4 is 10.1 Å². The Labute approximate surface area is 118 Å². The Morgan fingerprint density at radius 3 is 2.85 bits per heavy atom. The average Bonchev–Trinajstić information content (AvgIpc) is 2.81. The van der Waals surface area contributed by atoms with Crippen molar-refractivity contribution in [2.45, 2.75) is 33.0 Å². The van der Waals surface area contributed by atoms with Gasteiger partial charge in [0, 0.05) is 37.6 Å². The standard InChI is InChI=1S/C15H20FN3O/c1-11(2)18-9-12-8-13(16)4-5-14(12)20-10-15-17-6-7-19(15)3/h4-8,11,18H,9-10H2,1-3H3. The van der Waals surface area contributed by atoms with Crippen LogP contribution in [0.3, 0.4) is 0 Å². The largest absolute Gasteiger partial charge is 0.485 e. The lowest BCUT2D eigenvalue weighted by atomic mass is 10.2. The van der Waals surface area contributed by atoms with Crippen LogP contribution in [0.2, 0.25) is 0 Å². The van der Waals surface area contributed by atoms with Gasteiger partial charge in [-0.15, -0.1) is 0 Å². The number of benzene rings is 1. The maximum absolute atomic E-state index is 13.3. The van der Waals surface area contributed by atoms with Crippen molar-refractivity contribution in [3.8, 4) is 5.75 Å². The topological polar surface area (TPSA) is 39.1 Å². The zero-order valence-corrected chi connectivity index (χ0v) is 12.1. The first-order valence-electron chi connectivity index (χ1n) is 6.67. The van der Waals surface area contributed by atoms with Crippen LogP contribution in [0.5, 0.6) is 5.75 Å².